The molecule has 3 rings (SSSR count). The molecule has 0 spiro atoms. The van der Waals surface area contributed by atoms with E-state index >= 15 is 0 Å². The van der Waals surface area contributed by atoms with E-state index in [1.807, 2.05) is 24.3 Å². The van der Waals surface area contributed by atoms with Gasteiger partial charge in [-0.3, -0.25) is 0 Å². The van der Waals surface area contributed by atoms with Crippen LogP contribution in [0.2, 0.25) is 10.0 Å². The van der Waals surface area contributed by atoms with Crippen LogP contribution >= 0.6 is 23.2 Å². The first-order valence-electron chi connectivity index (χ1n) is 5.63. The molecule has 0 aromatic heterocycles. The van der Waals surface area contributed by atoms with Gasteiger partial charge in [0.2, 0.25) is 0 Å². The average Bonchev–Trinajstić information content (AvgIpc) is 2.88. The van der Waals surface area contributed by atoms with Crippen molar-refractivity contribution in [3.63, 3.8) is 0 Å². The second-order valence-electron chi connectivity index (χ2n) is 4.03. The number of anilines is 1. The minimum atomic E-state index is -0.0200. The van der Waals surface area contributed by atoms with Crippen molar-refractivity contribution < 1.29 is 0 Å². The summed E-state index contributed by atoms with van der Waals surface area (Å²) in [6.07, 6.45) is 0. The Morgan fingerprint density at radius 2 is 2.00 bits per heavy atom. The molecule has 2 aromatic carbocycles. The molecule has 0 saturated heterocycles. The molecule has 1 N–H and O–H groups in total. The van der Waals surface area contributed by atoms with Gasteiger partial charge < -0.3 is 0 Å². The van der Waals surface area contributed by atoms with E-state index in [4.69, 9.17) is 23.2 Å². The molecule has 19 heavy (non-hydrogen) atoms. The van der Waals surface area contributed by atoms with Gasteiger partial charge in [0.1, 0.15) is 0 Å². The fraction of sp³-hybridized carbons (Fsp3) is 0.0769. The van der Waals surface area contributed by atoms with E-state index in [0.717, 1.165) is 22.6 Å². The van der Waals surface area contributed by atoms with Crippen molar-refractivity contribution in [1.29, 1.82) is 0 Å². The van der Waals surface area contributed by atoms with Gasteiger partial charge in [-0.2, -0.15) is 0 Å². The standard InChI is InChI=1S/C13H9Cl2N3Se/c14-9-4-5-10(15)8(6-9)7-16-11-2-1-3-12-13(11)18-19-17-12/h1-6,16H,7H2. The first-order valence-corrected chi connectivity index (χ1v) is 7.92. The zero-order valence-electron chi connectivity index (χ0n) is 9.73. The van der Waals surface area contributed by atoms with Crippen molar-refractivity contribution in [2.24, 2.45) is 7.92 Å². The maximum absolute atomic E-state index is 6.14. The fourth-order valence-electron chi connectivity index (χ4n) is 1.82. The van der Waals surface area contributed by atoms with Crippen LogP contribution in [0.15, 0.2) is 44.3 Å². The van der Waals surface area contributed by atoms with Gasteiger partial charge in [0.05, 0.1) is 0 Å². The van der Waals surface area contributed by atoms with Crippen molar-refractivity contribution in [1.82, 2.24) is 0 Å². The summed E-state index contributed by atoms with van der Waals surface area (Å²) in [6, 6.07) is 11.4. The zero-order valence-corrected chi connectivity index (χ0v) is 13.0. The van der Waals surface area contributed by atoms with Gasteiger partial charge in [0.15, 0.2) is 0 Å². The van der Waals surface area contributed by atoms with E-state index in [2.05, 4.69) is 13.2 Å². The number of hydrogen-bond donors (Lipinski definition) is 1. The van der Waals surface area contributed by atoms with Crippen molar-refractivity contribution in [2.75, 3.05) is 5.32 Å². The van der Waals surface area contributed by atoms with Crippen LogP contribution in [0, 0.1) is 0 Å². The molecule has 0 saturated carbocycles. The number of nitrogens with zero attached hydrogens (tertiary/aromatic N) is 2. The molecule has 1 aliphatic rings. The molecule has 1 aliphatic heterocycles. The van der Waals surface area contributed by atoms with E-state index in [9.17, 15) is 0 Å². The van der Waals surface area contributed by atoms with Crippen LogP contribution in [0.5, 0.6) is 0 Å². The summed E-state index contributed by atoms with van der Waals surface area (Å²) in [7, 11) is 0. The Kier molecular flexibility index (Phi) is 3.76. The van der Waals surface area contributed by atoms with Gasteiger partial charge >= 0.3 is 127 Å². The zero-order chi connectivity index (χ0) is 13.2. The molecule has 6 heteroatoms. The van der Waals surface area contributed by atoms with Crippen molar-refractivity contribution in [3.05, 3.63) is 52.0 Å². The number of nitrogens with one attached hydrogen (secondary N) is 1. The van der Waals surface area contributed by atoms with E-state index < -0.39 is 0 Å². The molecular weight excluding hydrogens is 348 g/mol. The van der Waals surface area contributed by atoms with Gasteiger partial charge in [-0.25, -0.2) is 0 Å². The Balaban J connectivity index is 1.82. The Bertz CT molecular complexity index is 709. The van der Waals surface area contributed by atoms with Crippen LogP contribution in [-0.2, 0) is 6.54 Å². The van der Waals surface area contributed by atoms with Gasteiger partial charge in [-0.05, 0) is 0 Å². The molecule has 1 heterocycles. The average molecular weight is 357 g/mol. The molecule has 0 fully saturated rings. The van der Waals surface area contributed by atoms with Crippen molar-refractivity contribution in [2.45, 2.75) is 6.54 Å². The quantitative estimate of drug-likeness (QED) is 0.662. The van der Waals surface area contributed by atoms with E-state index in [1.165, 1.54) is 0 Å². The first kappa shape index (κ1) is 12.9. The molecule has 0 aliphatic carbocycles. The Hall–Kier alpha value is -1.06. The summed E-state index contributed by atoms with van der Waals surface area (Å²) in [5, 5.41) is 4.73. The molecule has 0 atom stereocenters. The van der Waals surface area contributed by atoms with Gasteiger partial charge in [0.25, 0.3) is 0 Å². The third kappa shape index (κ3) is 2.77. The third-order valence-electron chi connectivity index (χ3n) is 2.76. The maximum atomic E-state index is 6.14. The van der Waals surface area contributed by atoms with Crippen LogP contribution in [0.25, 0.3) is 0 Å². The van der Waals surface area contributed by atoms with E-state index in [1.54, 1.807) is 12.1 Å². The molecule has 0 amide bonds. The summed E-state index contributed by atoms with van der Waals surface area (Å²) >= 11 is 12.1. The van der Waals surface area contributed by atoms with Crippen LogP contribution in [0.4, 0.5) is 17.1 Å². The second kappa shape index (κ2) is 5.51. The second-order valence-corrected chi connectivity index (χ2v) is 5.98. The summed E-state index contributed by atoms with van der Waals surface area (Å²) in [4.78, 5) is 0. The van der Waals surface area contributed by atoms with E-state index in [-0.39, 0.29) is 14.6 Å². The van der Waals surface area contributed by atoms with Crippen molar-refractivity contribution in [3.8, 4) is 0 Å². The summed E-state index contributed by atoms with van der Waals surface area (Å²) in [5.74, 6) is 0. The molecule has 2 aromatic rings. The first-order chi connectivity index (χ1) is 9.24. The van der Waals surface area contributed by atoms with Crippen LogP contribution in [0.3, 0.4) is 0 Å². The normalized spacial score (nSPS) is 12.1. The Morgan fingerprint density at radius 3 is 2.89 bits per heavy atom. The molecule has 3 nitrogen and oxygen atoms in total. The van der Waals surface area contributed by atoms with Crippen molar-refractivity contribution >= 4 is 54.8 Å². The number of fused-ring (bicyclic) bond motifs is 1. The minimum absolute atomic E-state index is 0.0200. The summed E-state index contributed by atoms with van der Waals surface area (Å²) in [5.41, 5.74) is 3.85. The molecule has 96 valence electrons. The monoisotopic (exact) mass is 357 g/mol. The number of hydrogen-bond acceptors (Lipinski definition) is 3. The molecule has 0 bridgehead atoms. The van der Waals surface area contributed by atoms with Gasteiger partial charge in [-0.1, -0.05) is 0 Å². The predicted molar refractivity (Wildman–Crippen MR) is 80.2 cm³/mol. The predicted octanol–water partition coefficient (Wildman–Crippen LogP) is 4.95. The van der Waals surface area contributed by atoms with Gasteiger partial charge in [-0.15, -0.1) is 0 Å². The Labute approximate surface area is 126 Å². The fourth-order valence-corrected chi connectivity index (χ4v) is 3.35. The van der Waals surface area contributed by atoms with E-state index in [0.29, 0.717) is 16.6 Å². The Morgan fingerprint density at radius 1 is 1.11 bits per heavy atom. The van der Waals surface area contributed by atoms with Crippen LogP contribution in [-0.4, -0.2) is 14.6 Å². The molecular formula is C13H9Cl2N3Se. The van der Waals surface area contributed by atoms with Crippen LogP contribution in [0.1, 0.15) is 5.56 Å². The number of benzene rings is 2. The molecule has 0 unspecified atom stereocenters. The summed E-state index contributed by atoms with van der Waals surface area (Å²) < 4.78 is 8.78. The third-order valence-corrected chi connectivity index (χ3v) is 4.51. The van der Waals surface area contributed by atoms with Gasteiger partial charge in [0, 0.05) is 0 Å². The number of halogens is 2. The summed E-state index contributed by atoms with van der Waals surface area (Å²) in [6.45, 7) is 0.609. The number of rotatable bonds is 3. The van der Waals surface area contributed by atoms with Crippen LogP contribution < -0.4 is 5.32 Å². The SMILES string of the molecule is Clc1ccc(Cl)c(CNc2cccc3c2N=[Se]=N3)c1. The topological polar surface area (TPSA) is 36.8 Å². The molecule has 0 radical (unpaired) electrons.